The molecule has 3 heterocycles. The summed E-state index contributed by atoms with van der Waals surface area (Å²) in [6, 6.07) is 0.0403. The number of aryl methyl sites for hydroxylation is 1. The normalized spacial score (nSPS) is 18.3. The molecule has 8 nitrogen and oxygen atoms in total. The van der Waals surface area contributed by atoms with E-state index in [1.54, 1.807) is 4.90 Å². The largest absolute Gasteiger partial charge is 0.444 e. The van der Waals surface area contributed by atoms with Crippen LogP contribution in [0.15, 0.2) is 6.33 Å². The number of carbonyl (C=O) groups excluding carboxylic acids is 1. The van der Waals surface area contributed by atoms with Gasteiger partial charge in [-0.05, 0) is 40.5 Å². The molecule has 2 N–H and O–H groups in total. The van der Waals surface area contributed by atoms with Crippen molar-refractivity contribution in [3.05, 3.63) is 12.0 Å². The molecule has 0 bridgehead atoms. The number of carbonyl (C=O) groups is 1. The fourth-order valence-corrected chi connectivity index (χ4v) is 3.12. The topological polar surface area (TPSA) is 99.2 Å². The van der Waals surface area contributed by atoms with E-state index in [4.69, 9.17) is 10.5 Å². The van der Waals surface area contributed by atoms with Crippen LogP contribution < -0.4 is 5.73 Å². The number of fused-ring (bicyclic) bond motifs is 1. The second kappa shape index (κ2) is 5.92. The van der Waals surface area contributed by atoms with Gasteiger partial charge in [0.2, 0.25) is 0 Å². The van der Waals surface area contributed by atoms with Gasteiger partial charge in [0.1, 0.15) is 17.7 Å². The van der Waals surface area contributed by atoms with E-state index >= 15 is 0 Å². The lowest BCUT2D eigenvalue weighted by Crippen LogP contribution is -2.41. The summed E-state index contributed by atoms with van der Waals surface area (Å²) >= 11 is 0. The average Bonchev–Trinajstić information content (AvgIpc) is 3.04. The predicted octanol–water partition coefficient (Wildman–Crippen LogP) is 2.12. The van der Waals surface area contributed by atoms with Gasteiger partial charge in [-0.1, -0.05) is 0 Å². The van der Waals surface area contributed by atoms with E-state index in [1.165, 1.54) is 6.33 Å². The molecule has 0 saturated carbocycles. The van der Waals surface area contributed by atoms with E-state index in [0.717, 1.165) is 23.9 Å². The molecule has 1 atom stereocenters. The van der Waals surface area contributed by atoms with Crippen LogP contribution >= 0.6 is 0 Å². The zero-order chi connectivity index (χ0) is 17.5. The third-order valence-corrected chi connectivity index (χ3v) is 4.12. The summed E-state index contributed by atoms with van der Waals surface area (Å²) in [6.45, 7) is 8.79. The number of amides is 1. The van der Waals surface area contributed by atoms with Crippen LogP contribution in [-0.2, 0) is 11.3 Å². The van der Waals surface area contributed by atoms with Crippen LogP contribution in [0.3, 0.4) is 0 Å². The highest BCUT2D eigenvalue weighted by molar-refractivity contribution is 5.87. The molecule has 1 aliphatic heterocycles. The molecule has 1 amide bonds. The quantitative estimate of drug-likeness (QED) is 0.904. The molecule has 0 aromatic carbocycles. The summed E-state index contributed by atoms with van der Waals surface area (Å²) in [7, 11) is 0. The molecular weight excluding hydrogens is 308 g/mol. The van der Waals surface area contributed by atoms with Crippen LogP contribution in [0, 0.1) is 6.92 Å². The maximum absolute atomic E-state index is 12.4. The Hall–Kier alpha value is -2.38. The van der Waals surface area contributed by atoms with Gasteiger partial charge in [-0.3, -0.25) is 0 Å². The van der Waals surface area contributed by atoms with Crippen molar-refractivity contribution in [1.82, 2.24) is 24.6 Å². The number of nitrogen functional groups attached to an aromatic ring is 1. The number of nitrogens with zero attached hydrogens (tertiary/aromatic N) is 5. The molecule has 8 heteroatoms. The lowest BCUT2D eigenvalue weighted by molar-refractivity contribution is 0.0212. The second-order valence-corrected chi connectivity index (χ2v) is 7.19. The van der Waals surface area contributed by atoms with Gasteiger partial charge in [-0.2, -0.15) is 5.10 Å². The zero-order valence-corrected chi connectivity index (χ0v) is 14.6. The van der Waals surface area contributed by atoms with Crippen molar-refractivity contribution in [2.45, 2.75) is 58.7 Å². The van der Waals surface area contributed by atoms with Crippen molar-refractivity contribution in [2.75, 3.05) is 12.3 Å². The van der Waals surface area contributed by atoms with E-state index in [2.05, 4.69) is 15.1 Å². The van der Waals surface area contributed by atoms with Crippen molar-refractivity contribution in [1.29, 1.82) is 0 Å². The number of likely N-dealkylation sites (tertiary alicyclic amines) is 1. The van der Waals surface area contributed by atoms with Gasteiger partial charge in [0.25, 0.3) is 0 Å². The lowest BCUT2D eigenvalue weighted by atomic mass is 10.2. The first-order chi connectivity index (χ1) is 11.3. The minimum Gasteiger partial charge on any atom is -0.444 e. The Morgan fingerprint density at radius 1 is 1.42 bits per heavy atom. The number of nitrogens with two attached hydrogens (primary N) is 1. The predicted molar refractivity (Wildman–Crippen MR) is 90.4 cm³/mol. The molecular formula is C16H24N6O2. The minimum absolute atomic E-state index is 0.0403. The van der Waals surface area contributed by atoms with Crippen LogP contribution in [0.1, 0.15) is 39.3 Å². The summed E-state index contributed by atoms with van der Waals surface area (Å²) in [5.41, 5.74) is 6.94. The summed E-state index contributed by atoms with van der Waals surface area (Å²) in [4.78, 5) is 22.5. The first kappa shape index (κ1) is 16.5. The van der Waals surface area contributed by atoms with Gasteiger partial charge in [-0.25, -0.2) is 19.4 Å². The molecule has 130 valence electrons. The maximum Gasteiger partial charge on any atom is 0.410 e. The van der Waals surface area contributed by atoms with Crippen molar-refractivity contribution in [3.8, 4) is 0 Å². The molecule has 0 unspecified atom stereocenters. The summed E-state index contributed by atoms with van der Waals surface area (Å²) in [6.07, 6.45) is 3.04. The fraction of sp³-hybridized carbons (Fsp3) is 0.625. The van der Waals surface area contributed by atoms with Crippen LogP contribution in [0.25, 0.3) is 11.0 Å². The lowest BCUT2D eigenvalue weighted by Gasteiger charge is -2.28. The maximum atomic E-state index is 12.4. The van der Waals surface area contributed by atoms with E-state index in [0.29, 0.717) is 24.6 Å². The summed E-state index contributed by atoms with van der Waals surface area (Å²) in [5.74, 6) is 0.430. The summed E-state index contributed by atoms with van der Waals surface area (Å²) < 4.78 is 7.33. The van der Waals surface area contributed by atoms with Crippen molar-refractivity contribution in [2.24, 2.45) is 0 Å². The van der Waals surface area contributed by atoms with Gasteiger partial charge < -0.3 is 15.4 Å². The fourth-order valence-electron chi connectivity index (χ4n) is 3.12. The Kier molecular flexibility index (Phi) is 4.06. The molecule has 1 fully saturated rings. The van der Waals surface area contributed by atoms with Crippen LogP contribution in [0.4, 0.5) is 10.6 Å². The van der Waals surface area contributed by atoms with E-state index in [-0.39, 0.29) is 12.1 Å². The van der Waals surface area contributed by atoms with E-state index in [9.17, 15) is 4.79 Å². The third kappa shape index (κ3) is 3.13. The number of ether oxygens (including phenoxy) is 1. The van der Waals surface area contributed by atoms with Gasteiger partial charge >= 0.3 is 6.09 Å². The molecule has 0 aliphatic carbocycles. The molecule has 0 spiro atoms. The number of anilines is 1. The minimum atomic E-state index is -0.499. The van der Waals surface area contributed by atoms with Gasteiger partial charge in [0.05, 0.1) is 23.7 Å². The van der Waals surface area contributed by atoms with Crippen LogP contribution in [-0.4, -0.2) is 48.9 Å². The van der Waals surface area contributed by atoms with Crippen molar-refractivity contribution >= 4 is 22.9 Å². The van der Waals surface area contributed by atoms with Gasteiger partial charge in [0, 0.05) is 6.54 Å². The van der Waals surface area contributed by atoms with Crippen LogP contribution in [0.5, 0.6) is 0 Å². The molecule has 3 rings (SSSR count). The number of rotatable bonds is 2. The molecule has 1 saturated heterocycles. The third-order valence-electron chi connectivity index (χ3n) is 4.12. The SMILES string of the molecule is Cc1nn(C[C@H]2CCCN2C(=O)OC(C)(C)C)c2ncnc(N)c12. The smallest absolute Gasteiger partial charge is 0.410 e. The molecule has 1 aliphatic rings. The van der Waals surface area contributed by atoms with Crippen LogP contribution in [0.2, 0.25) is 0 Å². The zero-order valence-electron chi connectivity index (χ0n) is 14.6. The Bertz CT molecular complexity index is 764. The molecule has 2 aromatic rings. The van der Waals surface area contributed by atoms with E-state index < -0.39 is 5.60 Å². The highest BCUT2D eigenvalue weighted by atomic mass is 16.6. The first-order valence-electron chi connectivity index (χ1n) is 8.19. The van der Waals surface area contributed by atoms with Crippen molar-refractivity contribution in [3.63, 3.8) is 0 Å². The Labute approximate surface area is 141 Å². The highest BCUT2D eigenvalue weighted by Crippen LogP contribution is 2.25. The highest BCUT2D eigenvalue weighted by Gasteiger charge is 2.33. The van der Waals surface area contributed by atoms with E-state index in [1.807, 2.05) is 32.4 Å². The monoisotopic (exact) mass is 332 g/mol. The van der Waals surface area contributed by atoms with Gasteiger partial charge in [0.15, 0.2) is 5.65 Å². The molecule has 24 heavy (non-hydrogen) atoms. The Morgan fingerprint density at radius 2 is 2.17 bits per heavy atom. The number of aromatic nitrogens is 4. The first-order valence-corrected chi connectivity index (χ1v) is 8.19. The molecule has 2 aromatic heterocycles. The second-order valence-electron chi connectivity index (χ2n) is 7.19. The number of hydrogen-bond donors (Lipinski definition) is 1. The molecule has 0 radical (unpaired) electrons. The van der Waals surface area contributed by atoms with Gasteiger partial charge in [-0.15, -0.1) is 0 Å². The standard InChI is InChI=1S/C16H24N6O2/c1-10-12-13(17)18-9-19-14(12)22(20-10)8-11-6-5-7-21(11)15(23)24-16(2,3)4/h9,11H,5-8H2,1-4H3,(H2,17,18,19)/t11-/m1/s1. The van der Waals surface area contributed by atoms with Crippen molar-refractivity contribution < 1.29 is 9.53 Å². The summed E-state index contributed by atoms with van der Waals surface area (Å²) in [5, 5.41) is 5.31. The Morgan fingerprint density at radius 3 is 2.88 bits per heavy atom. The Balaban J connectivity index is 1.83. The number of hydrogen-bond acceptors (Lipinski definition) is 6. The average molecular weight is 332 g/mol.